The highest BCUT2D eigenvalue weighted by Crippen LogP contribution is 2.27. The molecule has 0 saturated carbocycles. The van der Waals surface area contributed by atoms with E-state index in [4.69, 9.17) is 11.6 Å². The van der Waals surface area contributed by atoms with Gasteiger partial charge in [-0.05, 0) is 19.1 Å². The topological polar surface area (TPSA) is 89.3 Å². The summed E-state index contributed by atoms with van der Waals surface area (Å²) < 4.78 is 0. The van der Waals surface area contributed by atoms with Crippen LogP contribution in [0.4, 0.5) is 11.4 Å². The standard InChI is InChI=1S/C15H11ClN2O4/c1-9-2-4-10(5-3-9)14(19)15(20)17-11-6-7-12(16)13(8-11)18(21)22/h2-8H,1H3,(H,17,20). The van der Waals surface area contributed by atoms with E-state index in [9.17, 15) is 19.7 Å². The number of aryl methyl sites for hydroxylation is 1. The van der Waals surface area contributed by atoms with Gasteiger partial charge in [0.25, 0.3) is 17.4 Å². The van der Waals surface area contributed by atoms with Crippen LogP contribution in [0.1, 0.15) is 15.9 Å². The lowest BCUT2D eigenvalue weighted by molar-refractivity contribution is -0.384. The molecule has 0 atom stereocenters. The second kappa shape index (κ2) is 6.36. The molecule has 0 aliphatic rings. The van der Waals surface area contributed by atoms with E-state index in [1.165, 1.54) is 12.1 Å². The van der Waals surface area contributed by atoms with Crippen LogP contribution >= 0.6 is 11.6 Å². The summed E-state index contributed by atoms with van der Waals surface area (Å²) in [6.07, 6.45) is 0. The quantitative estimate of drug-likeness (QED) is 0.405. The molecule has 0 unspecified atom stereocenters. The average molecular weight is 319 g/mol. The number of carbonyl (C=O) groups excluding carboxylic acids is 2. The van der Waals surface area contributed by atoms with Crippen LogP contribution in [0.5, 0.6) is 0 Å². The number of ketones is 1. The molecule has 112 valence electrons. The number of halogens is 1. The Bertz CT molecular complexity index is 757. The summed E-state index contributed by atoms with van der Waals surface area (Å²) in [6, 6.07) is 10.3. The normalized spacial score (nSPS) is 10.1. The molecule has 0 aromatic heterocycles. The number of nitrogens with one attached hydrogen (secondary N) is 1. The van der Waals surface area contributed by atoms with Gasteiger partial charge in [0.1, 0.15) is 5.02 Å². The highest BCUT2D eigenvalue weighted by molar-refractivity contribution is 6.46. The number of benzene rings is 2. The predicted octanol–water partition coefficient (Wildman–Crippen LogP) is 3.38. The number of rotatable bonds is 4. The largest absolute Gasteiger partial charge is 0.319 e. The Labute approximate surface area is 130 Å². The van der Waals surface area contributed by atoms with Gasteiger partial charge in [-0.15, -0.1) is 0 Å². The third kappa shape index (κ3) is 3.48. The minimum atomic E-state index is -0.875. The molecule has 22 heavy (non-hydrogen) atoms. The van der Waals surface area contributed by atoms with Crippen molar-refractivity contribution in [3.8, 4) is 0 Å². The number of nitro benzene ring substituents is 1. The van der Waals surface area contributed by atoms with Crippen molar-refractivity contribution in [3.63, 3.8) is 0 Å². The van der Waals surface area contributed by atoms with Gasteiger partial charge in [-0.25, -0.2) is 0 Å². The van der Waals surface area contributed by atoms with Crippen molar-refractivity contribution in [2.45, 2.75) is 6.92 Å². The Kier molecular flexibility index (Phi) is 4.53. The smallest absolute Gasteiger partial charge is 0.296 e. The van der Waals surface area contributed by atoms with E-state index in [2.05, 4.69) is 5.32 Å². The first-order valence-corrected chi connectivity index (χ1v) is 6.62. The number of hydrogen-bond acceptors (Lipinski definition) is 4. The molecule has 0 aliphatic carbocycles. The fraction of sp³-hybridized carbons (Fsp3) is 0.0667. The van der Waals surface area contributed by atoms with Crippen molar-refractivity contribution in [2.75, 3.05) is 5.32 Å². The summed E-state index contributed by atoms with van der Waals surface area (Å²) in [6.45, 7) is 1.86. The molecule has 0 bridgehead atoms. The van der Waals surface area contributed by atoms with Crippen molar-refractivity contribution in [2.24, 2.45) is 0 Å². The lowest BCUT2D eigenvalue weighted by Gasteiger charge is -2.05. The van der Waals surface area contributed by atoms with Crippen LogP contribution in [0, 0.1) is 17.0 Å². The zero-order valence-electron chi connectivity index (χ0n) is 11.5. The van der Waals surface area contributed by atoms with Crippen LogP contribution in [0.3, 0.4) is 0 Å². The number of Topliss-reactive ketones (excluding diaryl/α,β-unsaturated/α-hetero) is 1. The SMILES string of the molecule is Cc1ccc(C(=O)C(=O)Nc2ccc(Cl)c([N+](=O)[O-])c2)cc1. The Morgan fingerprint density at radius 3 is 2.36 bits per heavy atom. The summed E-state index contributed by atoms with van der Waals surface area (Å²) in [5.74, 6) is -1.60. The van der Waals surface area contributed by atoms with Gasteiger partial charge in [0.15, 0.2) is 0 Å². The fourth-order valence-electron chi connectivity index (χ4n) is 1.75. The van der Waals surface area contributed by atoms with Crippen LogP contribution in [0.15, 0.2) is 42.5 Å². The van der Waals surface area contributed by atoms with E-state index in [-0.39, 0.29) is 22.0 Å². The van der Waals surface area contributed by atoms with Crippen LogP contribution in [-0.2, 0) is 4.79 Å². The van der Waals surface area contributed by atoms with E-state index >= 15 is 0 Å². The number of nitrogens with zero attached hydrogens (tertiary/aromatic N) is 1. The van der Waals surface area contributed by atoms with Gasteiger partial charge in [0, 0.05) is 17.3 Å². The van der Waals surface area contributed by atoms with Gasteiger partial charge >= 0.3 is 0 Å². The van der Waals surface area contributed by atoms with Gasteiger partial charge in [0.2, 0.25) is 0 Å². The molecule has 0 saturated heterocycles. The molecule has 2 rings (SSSR count). The van der Waals surface area contributed by atoms with Gasteiger partial charge in [-0.2, -0.15) is 0 Å². The summed E-state index contributed by atoms with van der Waals surface area (Å²) in [7, 11) is 0. The van der Waals surface area contributed by atoms with Gasteiger partial charge in [0.05, 0.1) is 4.92 Å². The fourth-order valence-corrected chi connectivity index (χ4v) is 1.94. The van der Waals surface area contributed by atoms with Crippen LogP contribution < -0.4 is 5.32 Å². The van der Waals surface area contributed by atoms with Crippen molar-refractivity contribution in [1.29, 1.82) is 0 Å². The average Bonchev–Trinajstić information content (AvgIpc) is 2.49. The molecule has 2 aromatic rings. The van der Waals surface area contributed by atoms with Crippen LogP contribution in [0.25, 0.3) is 0 Å². The maximum absolute atomic E-state index is 12.0. The van der Waals surface area contributed by atoms with Crippen LogP contribution in [-0.4, -0.2) is 16.6 Å². The summed E-state index contributed by atoms with van der Waals surface area (Å²) >= 11 is 5.68. The molecule has 6 nitrogen and oxygen atoms in total. The molecule has 7 heteroatoms. The number of carbonyl (C=O) groups is 2. The third-order valence-electron chi connectivity index (χ3n) is 2.92. The first-order chi connectivity index (χ1) is 10.4. The Morgan fingerprint density at radius 1 is 1.14 bits per heavy atom. The molecule has 0 spiro atoms. The number of amides is 1. The second-order valence-electron chi connectivity index (χ2n) is 4.57. The van der Waals surface area contributed by atoms with E-state index in [1.807, 2.05) is 6.92 Å². The Hall–Kier alpha value is -2.73. The Balaban J connectivity index is 2.18. The second-order valence-corrected chi connectivity index (χ2v) is 4.98. The minimum absolute atomic E-state index is 0.0483. The number of anilines is 1. The van der Waals surface area contributed by atoms with Crippen molar-refractivity contribution >= 4 is 34.7 Å². The number of nitro groups is 1. The van der Waals surface area contributed by atoms with Crippen molar-refractivity contribution in [3.05, 3.63) is 68.7 Å². The zero-order chi connectivity index (χ0) is 16.3. The van der Waals surface area contributed by atoms with Crippen molar-refractivity contribution < 1.29 is 14.5 Å². The summed E-state index contributed by atoms with van der Waals surface area (Å²) in [5.41, 5.74) is 0.987. The molecule has 2 aromatic carbocycles. The van der Waals surface area contributed by atoms with E-state index in [1.54, 1.807) is 24.3 Å². The highest BCUT2D eigenvalue weighted by atomic mass is 35.5. The molecule has 0 aliphatic heterocycles. The minimum Gasteiger partial charge on any atom is -0.319 e. The maximum atomic E-state index is 12.0. The summed E-state index contributed by atoms with van der Waals surface area (Å²) in [4.78, 5) is 34.0. The first-order valence-electron chi connectivity index (χ1n) is 6.25. The monoisotopic (exact) mass is 318 g/mol. The predicted molar refractivity (Wildman–Crippen MR) is 82.2 cm³/mol. The molecule has 1 N–H and O–H groups in total. The van der Waals surface area contributed by atoms with Crippen LogP contribution in [0.2, 0.25) is 5.02 Å². The van der Waals surface area contributed by atoms with E-state index < -0.39 is 16.6 Å². The maximum Gasteiger partial charge on any atom is 0.296 e. The van der Waals surface area contributed by atoms with Gasteiger partial charge in [-0.1, -0.05) is 41.4 Å². The lowest BCUT2D eigenvalue weighted by atomic mass is 10.1. The van der Waals surface area contributed by atoms with Gasteiger partial charge in [-0.3, -0.25) is 19.7 Å². The Morgan fingerprint density at radius 2 is 1.77 bits per heavy atom. The summed E-state index contributed by atoms with van der Waals surface area (Å²) in [5, 5.41) is 13.1. The third-order valence-corrected chi connectivity index (χ3v) is 3.24. The lowest BCUT2D eigenvalue weighted by Crippen LogP contribution is -2.22. The van der Waals surface area contributed by atoms with Gasteiger partial charge < -0.3 is 5.32 Å². The van der Waals surface area contributed by atoms with E-state index in [0.29, 0.717) is 0 Å². The molecule has 0 fully saturated rings. The first kappa shape index (κ1) is 15.7. The van der Waals surface area contributed by atoms with Crippen molar-refractivity contribution in [1.82, 2.24) is 0 Å². The van der Waals surface area contributed by atoms with E-state index in [0.717, 1.165) is 11.6 Å². The molecule has 1 amide bonds. The molecule has 0 heterocycles. The molecule has 0 radical (unpaired) electrons. The molecular weight excluding hydrogens is 308 g/mol. The number of hydrogen-bond donors (Lipinski definition) is 1. The highest BCUT2D eigenvalue weighted by Gasteiger charge is 2.18. The molecular formula is C15H11ClN2O4. The zero-order valence-corrected chi connectivity index (χ0v) is 12.3.